The van der Waals surface area contributed by atoms with E-state index in [4.69, 9.17) is 11.6 Å². The Morgan fingerprint density at radius 1 is 1.35 bits per heavy atom. The smallest absolute Gasteiger partial charge is 0.258 e. The summed E-state index contributed by atoms with van der Waals surface area (Å²) < 4.78 is 0. The van der Waals surface area contributed by atoms with Crippen LogP contribution in [0.25, 0.3) is 10.9 Å². The van der Waals surface area contributed by atoms with Crippen LogP contribution in [0.3, 0.4) is 0 Å². The molecule has 0 bridgehead atoms. The molecule has 0 aliphatic carbocycles. The van der Waals surface area contributed by atoms with Gasteiger partial charge in [0.2, 0.25) is 0 Å². The Balaban J connectivity index is 2.80. The molecule has 0 unspecified atom stereocenters. The van der Waals surface area contributed by atoms with Crippen molar-refractivity contribution < 1.29 is 4.92 Å². The molecule has 1 aromatic heterocycles. The third kappa shape index (κ3) is 2.06. The van der Waals surface area contributed by atoms with Crippen LogP contribution in [0.5, 0.6) is 0 Å². The number of hydrogen-bond acceptors (Lipinski definition) is 4. The molecule has 0 spiro atoms. The zero-order valence-corrected chi connectivity index (χ0v) is 10.1. The quantitative estimate of drug-likeness (QED) is 0.466. The maximum absolute atomic E-state index is 10.9. The Labute approximate surface area is 103 Å². The van der Waals surface area contributed by atoms with E-state index in [1.54, 1.807) is 12.1 Å². The molecule has 0 N–H and O–H groups in total. The van der Waals surface area contributed by atoms with Gasteiger partial charge in [-0.3, -0.25) is 10.1 Å². The third-order valence-corrected chi connectivity index (χ3v) is 2.66. The van der Waals surface area contributed by atoms with Gasteiger partial charge in [0.15, 0.2) is 0 Å². The number of hydrogen-bond donors (Lipinski definition) is 0. The van der Waals surface area contributed by atoms with Crippen molar-refractivity contribution >= 4 is 28.2 Å². The largest absolute Gasteiger partial charge is 0.281 e. The molecule has 2 aromatic rings. The van der Waals surface area contributed by atoms with Gasteiger partial charge in [-0.2, -0.15) is 0 Å². The van der Waals surface area contributed by atoms with Crippen molar-refractivity contribution in [2.24, 2.45) is 0 Å². The van der Waals surface area contributed by atoms with E-state index in [1.807, 2.05) is 13.8 Å². The molecule has 0 amide bonds. The Morgan fingerprint density at radius 2 is 2.06 bits per heavy atom. The highest BCUT2D eigenvalue weighted by molar-refractivity contribution is 6.34. The lowest BCUT2D eigenvalue weighted by Crippen LogP contribution is -2.00. The van der Waals surface area contributed by atoms with Gasteiger partial charge in [0.05, 0.1) is 10.4 Å². The number of fused-ring (bicyclic) bond motifs is 1. The van der Waals surface area contributed by atoms with Gasteiger partial charge in [0.25, 0.3) is 5.69 Å². The van der Waals surface area contributed by atoms with Gasteiger partial charge < -0.3 is 0 Å². The standard InChI is InChI=1S/C11H10ClN3O2/c1-6(2)11-13-7-4-3-5-8(15(16)17)9(7)10(12)14-11/h3-6H,1-2H3. The van der Waals surface area contributed by atoms with E-state index in [1.165, 1.54) is 6.07 Å². The molecule has 0 radical (unpaired) electrons. The van der Waals surface area contributed by atoms with Crippen LogP contribution in [-0.4, -0.2) is 14.9 Å². The third-order valence-electron chi connectivity index (χ3n) is 2.39. The molecule has 6 heteroatoms. The molecule has 5 nitrogen and oxygen atoms in total. The molecule has 0 aliphatic rings. The highest BCUT2D eigenvalue weighted by Gasteiger charge is 2.18. The molecule has 0 saturated heterocycles. The average molecular weight is 252 g/mol. The first-order valence-electron chi connectivity index (χ1n) is 5.11. The van der Waals surface area contributed by atoms with Crippen molar-refractivity contribution in [1.82, 2.24) is 9.97 Å². The molecule has 2 rings (SSSR count). The first-order chi connectivity index (χ1) is 8.00. The van der Waals surface area contributed by atoms with Crippen LogP contribution in [0.15, 0.2) is 18.2 Å². The predicted molar refractivity (Wildman–Crippen MR) is 65.3 cm³/mol. The molecule has 1 aromatic carbocycles. The summed E-state index contributed by atoms with van der Waals surface area (Å²) in [5.74, 6) is 0.708. The Kier molecular flexibility index (Phi) is 2.93. The second kappa shape index (κ2) is 4.25. The molecular weight excluding hydrogens is 242 g/mol. The number of aromatic nitrogens is 2. The first kappa shape index (κ1) is 11.7. The van der Waals surface area contributed by atoms with E-state index in [-0.39, 0.29) is 16.8 Å². The summed E-state index contributed by atoms with van der Waals surface area (Å²) in [7, 11) is 0. The minimum absolute atomic E-state index is 0.0668. The number of benzene rings is 1. The van der Waals surface area contributed by atoms with Crippen LogP contribution in [-0.2, 0) is 0 Å². The van der Waals surface area contributed by atoms with E-state index >= 15 is 0 Å². The second-order valence-corrected chi connectivity index (χ2v) is 4.31. The molecular formula is C11H10ClN3O2. The van der Waals surface area contributed by atoms with Crippen LogP contribution in [0, 0.1) is 10.1 Å². The molecule has 1 heterocycles. The monoisotopic (exact) mass is 251 g/mol. The van der Waals surface area contributed by atoms with E-state index in [9.17, 15) is 10.1 Å². The summed E-state index contributed by atoms with van der Waals surface area (Å²) in [5, 5.41) is 11.3. The van der Waals surface area contributed by atoms with E-state index in [0.717, 1.165) is 0 Å². The van der Waals surface area contributed by atoms with Crippen LogP contribution in [0.2, 0.25) is 5.15 Å². The number of nitro benzene ring substituents is 1. The van der Waals surface area contributed by atoms with E-state index in [0.29, 0.717) is 16.7 Å². The van der Waals surface area contributed by atoms with Crippen LogP contribution in [0.4, 0.5) is 5.69 Å². The summed E-state index contributed by atoms with van der Waals surface area (Å²) in [5.41, 5.74) is 0.436. The number of nitro groups is 1. The lowest BCUT2D eigenvalue weighted by molar-refractivity contribution is -0.383. The zero-order valence-electron chi connectivity index (χ0n) is 9.35. The fourth-order valence-electron chi connectivity index (χ4n) is 1.55. The fourth-order valence-corrected chi connectivity index (χ4v) is 1.83. The Morgan fingerprint density at radius 3 is 2.65 bits per heavy atom. The molecule has 0 fully saturated rings. The van der Waals surface area contributed by atoms with Crippen molar-refractivity contribution in [2.75, 3.05) is 0 Å². The first-order valence-corrected chi connectivity index (χ1v) is 5.49. The predicted octanol–water partition coefficient (Wildman–Crippen LogP) is 3.31. The molecule has 88 valence electrons. The van der Waals surface area contributed by atoms with Crippen molar-refractivity contribution in [2.45, 2.75) is 19.8 Å². The highest BCUT2D eigenvalue weighted by Crippen LogP contribution is 2.30. The minimum Gasteiger partial charge on any atom is -0.258 e. The van der Waals surface area contributed by atoms with Gasteiger partial charge in [0, 0.05) is 12.0 Å². The fraction of sp³-hybridized carbons (Fsp3) is 0.273. The maximum Gasteiger partial charge on any atom is 0.281 e. The van der Waals surface area contributed by atoms with Crippen molar-refractivity contribution in [1.29, 1.82) is 0 Å². The van der Waals surface area contributed by atoms with Gasteiger partial charge in [0.1, 0.15) is 16.4 Å². The van der Waals surface area contributed by atoms with Crippen LogP contribution in [0.1, 0.15) is 25.6 Å². The number of nitrogens with zero attached hydrogens (tertiary/aromatic N) is 3. The van der Waals surface area contributed by atoms with Gasteiger partial charge in [-0.15, -0.1) is 0 Å². The van der Waals surface area contributed by atoms with Crippen molar-refractivity contribution in [3.8, 4) is 0 Å². The minimum atomic E-state index is -0.480. The number of rotatable bonds is 2. The van der Waals surface area contributed by atoms with Gasteiger partial charge >= 0.3 is 0 Å². The number of halogens is 1. The lowest BCUT2D eigenvalue weighted by Gasteiger charge is -2.06. The maximum atomic E-state index is 10.9. The van der Waals surface area contributed by atoms with Crippen LogP contribution < -0.4 is 0 Å². The van der Waals surface area contributed by atoms with Gasteiger partial charge in [-0.1, -0.05) is 31.5 Å². The SMILES string of the molecule is CC(C)c1nc(Cl)c2c([N+](=O)[O-])cccc2n1. The summed E-state index contributed by atoms with van der Waals surface area (Å²) in [6.45, 7) is 3.88. The molecule has 0 saturated carbocycles. The summed E-state index contributed by atoms with van der Waals surface area (Å²) in [4.78, 5) is 18.8. The second-order valence-electron chi connectivity index (χ2n) is 3.96. The molecule has 0 aliphatic heterocycles. The zero-order chi connectivity index (χ0) is 12.6. The Hall–Kier alpha value is -1.75. The van der Waals surface area contributed by atoms with Gasteiger partial charge in [-0.05, 0) is 6.07 Å². The molecule has 0 atom stereocenters. The normalized spacial score (nSPS) is 11.1. The van der Waals surface area contributed by atoms with Gasteiger partial charge in [-0.25, -0.2) is 9.97 Å². The Bertz CT molecular complexity index is 599. The van der Waals surface area contributed by atoms with E-state index < -0.39 is 4.92 Å². The van der Waals surface area contributed by atoms with Crippen molar-refractivity contribution in [3.63, 3.8) is 0 Å². The number of non-ortho nitro benzene ring substituents is 1. The van der Waals surface area contributed by atoms with Crippen molar-refractivity contribution in [3.05, 3.63) is 39.3 Å². The summed E-state index contributed by atoms with van der Waals surface area (Å²) in [6, 6.07) is 4.68. The average Bonchev–Trinajstić information content (AvgIpc) is 2.27. The highest BCUT2D eigenvalue weighted by atomic mass is 35.5. The van der Waals surface area contributed by atoms with Crippen LogP contribution >= 0.6 is 11.6 Å². The lowest BCUT2D eigenvalue weighted by atomic mass is 10.1. The summed E-state index contributed by atoms with van der Waals surface area (Å²) >= 11 is 6.00. The summed E-state index contributed by atoms with van der Waals surface area (Å²) in [6.07, 6.45) is 0. The topological polar surface area (TPSA) is 68.9 Å². The van der Waals surface area contributed by atoms with E-state index in [2.05, 4.69) is 9.97 Å². The molecule has 17 heavy (non-hydrogen) atoms.